The number of methoxy groups -OCH3 is 2. The number of amides is 4. The number of hydrogen-bond acceptors (Lipinski definition) is 6. The summed E-state index contributed by atoms with van der Waals surface area (Å²) in [6.07, 6.45) is -16.9. The third-order valence-corrected chi connectivity index (χ3v) is 7.95. The molecule has 2 aromatic carbocycles. The van der Waals surface area contributed by atoms with Gasteiger partial charge in [-0.1, -0.05) is 36.4 Å². The van der Waals surface area contributed by atoms with Crippen molar-refractivity contribution in [2.24, 2.45) is 11.8 Å². The number of esters is 2. The number of allylic oxidation sites excluding steroid dienone is 2. The van der Waals surface area contributed by atoms with Crippen LogP contribution in [0.15, 0.2) is 60.7 Å². The molecule has 288 valence electrons. The van der Waals surface area contributed by atoms with Gasteiger partial charge in [0.25, 0.3) is 0 Å². The monoisotopic (exact) mass is 776 g/mol. The van der Waals surface area contributed by atoms with Gasteiger partial charge in [-0.15, -0.1) is 0 Å². The van der Waals surface area contributed by atoms with Crippen molar-refractivity contribution in [3.8, 4) is 0 Å². The van der Waals surface area contributed by atoms with E-state index >= 15 is 0 Å². The summed E-state index contributed by atoms with van der Waals surface area (Å²) in [6, 6.07) is -3.80. The lowest BCUT2D eigenvalue weighted by molar-refractivity contribution is -0.160. The number of nitrogens with zero attached hydrogens (tertiary/aromatic N) is 3. The molecule has 1 heterocycles. The van der Waals surface area contributed by atoms with Gasteiger partial charge in [0, 0.05) is 5.92 Å². The van der Waals surface area contributed by atoms with Crippen LogP contribution < -0.4 is 5.43 Å². The number of alkyl halides is 12. The quantitative estimate of drug-likeness (QED) is 0.133. The summed E-state index contributed by atoms with van der Waals surface area (Å²) in [5, 5.41) is 0.758. The van der Waals surface area contributed by atoms with E-state index in [0.717, 1.165) is 26.4 Å². The second-order valence-corrected chi connectivity index (χ2v) is 11.3. The van der Waals surface area contributed by atoms with Gasteiger partial charge in [0.05, 0.1) is 55.6 Å². The molecule has 10 nitrogen and oxygen atoms in total. The van der Waals surface area contributed by atoms with Gasteiger partial charge >= 0.3 is 48.7 Å². The number of ether oxygens (including phenoxy) is 2. The van der Waals surface area contributed by atoms with Gasteiger partial charge in [-0.3, -0.25) is 9.59 Å². The van der Waals surface area contributed by atoms with Crippen LogP contribution in [-0.4, -0.2) is 59.3 Å². The highest BCUT2D eigenvalue weighted by molar-refractivity contribution is 5.95. The molecule has 4 amide bonds. The van der Waals surface area contributed by atoms with E-state index in [-0.39, 0.29) is 34.3 Å². The van der Waals surface area contributed by atoms with Crippen molar-refractivity contribution in [2.75, 3.05) is 14.2 Å². The minimum absolute atomic E-state index is 0.137. The van der Waals surface area contributed by atoms with E-state index < -0.39 is 113 Å². The van der Waals surface area contributed by atoms with E-state index in [9.17, 15) is 71.9 Å². The Morgan fingerprint density at radius 2 is 1.08 bits per heavy atom. The molecule has 1 fully saturated rings. The zero-order valence-electron chi connectivity index (χ0n) is 26.7. The minimum Gasteiger partial charge on any atom is -0.468 e. The Labute approximate surface area is 290 Å². The van der Waals surface area contributed by atoms with Crippen LogP contribution in [0.25, 0.3) is 0 Å². The smallest absolute Gasteiger partial charge is 0.416 e. The number of hydrazine groups is 2. The summed E-state index contributed by atoms with van der Waals surface area (Å²) in [5.74, 6) is -4.67. The van der Waals surface area contributed by atoms with Gasteiger partial charge in [0.1, 0.15) is 0 Å². The molecule has 2 aliphatic rings. The van der Waals surface area contributed by atoms with Crippen molar-refractivity contribution in [2.45, 2.75) is 43.8 Å². The molecule has 1 N–H and O–H groups in total. The number of rotatable bonds is 8. The Morgan fingerprint density at radius 1 is 0.660 bits per heavy atom. The van der Waals surface area contributed by atoms with Crippen LogP contribution >= 0.6 is 0 Å². The number of hydrogen-bond donors (Lipinski definition) is 1. The summed E-state index contributed by atoms with van der Waals surface area (Å²) < 4.78 is 173. The maximum atomic E-state index is 14.1. The third kappa shape index (κ3) is 8.79. The molecule has 0 aromatic heterocycles. The first kappa shape index (κ1) is 40.3. The number of carbonyl (C=O) groups excluding carboxylic acids is 4. The Kier molecular flexibility index (Phi) is 11.1. The standard InChI is InChI=1S/C31H24F12N4O6/c1-52-24(48)23(25(49)53-2)15-5-9-20(10-6-15)47-27(51)46(14-17-4-8-19(29(35,36)37)12-22(17)31(41,42)43)45(26(50)44-47)13-16-3-7-18(28(32,33)34)11-21(16)30(38,39)40/h3-12,15,20,23H,13-14H2,1-2H3,(H,44,50). The van der Waals surface area contributed by atoms with Crippen molar-refractivity contribution in [1.29, 1.82) is 0 Å². The number of benzene rings is 2. The number of carbonyl (C=O) groups is 4. The SMILES string of the molecule is COC(=O)C(C(=O)OC)C1C=CC(N2NC(=O)N(Cc3ccc(C(F)(F)F)cc3C(F)(F)F)N(Cc3ccc(C(F)(F)F)cc3C(F)(F)F)C2=O)C=C1. The van der Waals surface area contributed by atoms with Crippen LogP contribution in [0.3, 0.4) is 0 Å². The van der Waals surface area contributed by atoms with E-state index in [1.807, 2.05) is 5.43 Å². The largest absolute Gasteiger partial charge is 0.468 e. The lowest BCUT2D eigenvalue weighted by atomic mass is 9.87. The highest BCUT2D eigenvalue weighted by atomic mass is 19.4. The molecular weight excluding hydrogens is 752 g/mol. The van der Waals surface area contributed by atoms with Gasteiger partial charge in [-0.05, 0) is 35.4 Å². The summed E-state index contributed by atoms with van der Waals surface area (Å²) in [4.78, 5) is 51.8. The van der Waals surface area contributed by atoms with Gasteiger partial charge in [0.2, 0.25) is 0 Å². The highest BCUT2D eigenvalue weighted by Gasteiger charge is 2.45. The zero-order chi connectivity index (χ0) is 39.8. The van der Waals surface area contributed by atoms with Crippen LogP contribution in [0, 0.1) is 11.8 Å². The molecule has 0 atom stereocenters. The van der Waals surface area contributed by atoms with E-state index in [0.29, 0.717) is 17.1 Å². The maximum Gasteiger partial charge on any atom is 0.416 e. The van der Waals surface area contributed by atoms with Gasteiger partial charge in [-0.2, -0.15) is 52.7 Å². The molecule has 0 radical (unpaired) electrons. The Bertz CT molecular complexity index is 1790. The van der Waals surface area contributed by atoms with Crippen LogP contribution in [0.1, 0.15) is 33.4 Å². The molecule has 1 aliphatic carbocycles. The average Bonchev–Trinajstić information content (AvgIpc) is 3.06. The molecular formula is C31H24F12N4O6. The third-order valence-electron chi connectivity index (χ3n) is 7.95. The molecule has 0 spiro atoms. The lowest BCUT2D eigenvalue weighted by Crippen LogP contribution is -2.68. The predicted octanol–water partition coefficient (Wildman–Crippen LogP) is 7.11. The first-order chi connectivity index (χ1) is 24.4. The van der Waals surface area contributed by atoms with Crippen molar-refractivity contribution < 1.29 is 81.3 Å². The van der Waals surface area contributed by atoms with Crippen molar-refractivity contribution in [1.82, 2.24) is 20.5 Å². The van der Waals surface area contributed by atoms with Crippen molar-refractivity contribution in [3.05, 3.63) is 94.1 Å². The first-order valence-corrected chi connectivity index (χ1v) is 14.6. The molecule has 0 bridgehead atoms. The van der Waals surface area contributed by atoms with Crippen LogP contribution in [0.2, 0.25) is 0 Å². The Morgan fingerprint density at radius 3 is 1.45 bits per heavy atom. The van der Waals surface area contributed by atoms with Crippen LogP contribution in [0.5, 0.6) is 0 Å². The second-order valence-electron chi connectivity index (χ2n) is 11.3. The summed E-state index contributed by atoms with van der Waals surface area (Å²) in [6.45, 7) is -2.77. The number of urea groups is 2. The number of halogens is 12. The maximum absolute atomic E-state index is 14.1. The predicted molar refractivity (Wildman–Crippen MR) is 153 cm³/mol. The fourth-order valence-electron chi connectivity index (χ4n) is 5.36. The van der Waals surface area contributed by atoms with Crippen LogP contribution in [0.4, 0.5) is 62.3 Å². The average molecular weight is 777 g/mol. The van der Waals surface area contributed by atoms with E-state index in [2.05, 4.69) is 9.47 Å². The molecule has 0 unspecified atom stereocenters. The van der Waals surface area contributed by atoms with Crippen LogP contribution in [-0.2, 0) is 56.9 Å². The topological polar surface area (TPSA) is 108 Å². The zero-order valence-corrected chi connectivity index (χ0v) is 26.7. The number of nitrogens with one attached hydrogen (secondary N) is 1. The Balaban J connectivity index is 1.79. The molecule has 1 saturated heterocycles. The van der Waals surface area contributed by atoms with E-state index in [1.54, 1.807) is 0 Å². The van der Waals surface area contributed by atoms with Crippen molar-refractivity contribution >= 4 is 24.0 Å². The molecule has 22 heteroatoms. The molecule has 4 rings (SSSR count). The van der Waals surface area contributed by atoms with Gasteiger partial charge < -0.3 is 9.47 Å². The summed E-state index contributed by atoms with van der Waals surface area (Å²) >= 11 is 0. The van der Waals surface area contributed by atoms with Gasteiger partial charge in [-0.25, -0.2) is 30.0 Å². The van der Waals surface area contributed by atoms with E-state index in [1.165, 1.54) is 12.2 Å². The second kappa shape index (κ2) is 14.5. The molecule has 2 aromatic rings. The van der Waals surface area contributed by atoms with Gasteiger partial charge in [0.15, 0.2) is 5.92 Å². The summed E-state index contributed by atoms with van der Waals surface area (Å²) in [5.41, 5.74) is -7.44. The molecule has 0 saturated carbocycles. The highest BCUT2D eigenvalue weighted by Crippen LogP contribution is 2.40. The Hall–Kier alpha value is -5.44. The summed E-state index contributed by atoms with van der Waals surface area (Å²) in [7, 11) is 1.95. The fourth-order valence-corrected chi connectivity index (χ4v) is 5.36. The minimum atomic E-state index is -5.50. The normalized spacial score (nSPS) is 18.4. The first-order valence-electron chi connectivity index (χ1n) is 14.6. The molecule has 53 heavy (non-hydrogen) atoms. The van der Waals surface area contributed by atoms with Crippen molar-refractivity contribution in [3.63, 3.8) is 0 Å². The lowest BCUT2D eigenvalue weighted by Gasteiger charge is -2.45. The fraction of sp³-hybridized carbons (Fsp3) is 0.355. The molecule has 1 aliphatic heterocycles. The van der Waals surface area contributed by atoms with E-state index in [4.69, 9.17) is 0 Å².